The summed E-state index contributed by atoms with van der Waals surface area (Å²) in [6, 6.07) is 4.47. The Morgan fingerprint density at radius 1 is 1.46 bits per heavy atom. The highest BCUT2D eigenvalue weighted by molar-refractivity contribution is 5.49. The molecule has 1 aliphatic rings. The van der Waals surface area contributed by atoms with Crippen molar-refractivity contribution in [2.45, 2.75) is 32.6 Å². The number of benzene rings is 1. The van der Waals surface area contributed by atoms with Crippen molar-refractivity contribution in [3.05, 3.63) is 28.8 Å². The third kappa shape index (κ3) is 1.23. The van der Waals surface area contributed by atoms with E-state index in [-0.39, 0.29) is 0 Å². The number of methoxy groups -OCH3 is 1. The van der Waals surface area contributed by atoms with Crippen LogP contribution in [0.25, 0.3) is 0 Å². The minimum absolute atomic E-state index is 0.805. The van der Waals surface area contributed by atoms with Gasteiger partial charge < -0.3 is 4.74 Å². The predicted octanol–water partition coefficient (Wildman–Crippen LogP) is 3.05. The van der Waals surface area contributed by atoms with Gasteiger partial charge in [0.1, 0.15) is 5.75 Å². The Labute approximate surface area is 79.7 Å². The van der Waals surface area contributed by atoms with Crippen LogP contribution in [0.1, 0.15) is 36.0 Å². The summed E-state index contributed by atoms with van der Waals surface area (Å²) in [6.45, 7) is 4.37. The molecule has 1 unspecified atom stereocenters. The van der Waals surface area contributed by atoms with Gasteiger partial charge in [-0.15, -0.1) is 0 Å². The minimum atomic E-state index is 0.805. The monoisotopic (exact) mass is 176 g/mol. The SMILES string of the molecule is CCC1Cc2cc(OC)c(C)cc21. The maximum Gasteiger partial charge on any atom is 0.122 e. The molecule has 1 aromatic carbocycles. The summed E-state index contributed by atoms with van der Waals surface area (Å²) in [5.74, 6) is 1.84. The number of ether oxygens (including phenoxy) is 1. The summed E-state index contributed by atoms with van der Waals surface area (Å²) < 4.78 is 5.28. The van der Waals surface area contributed by atoms with E-state index in [9.17, 15) is 0 Å². The maximum atomic E-state index is 5.28. The van der Waals surface area contributed by atoms with Crippen molar-refractivity contribution in [1.82, 2.24) is 0 Å². The average molecular weight is 176 g/mol. The lowest BCUT2D eigenvalue weighted by Gasteiger charge is -2.30. The van der Waals surface area contributed by atoms with Gasteiger partial charge in [0.2, 0.25) is 0 Å². The van der Waals surface area contributed by atoms with E-state index in [1.807, 2.05) is 0 Å². The number of aryl methyl sites for hydroxylation is 1. The first-order valence-electron chi connectivity index (χ1n) is 4.93. The van der Waals surface area contributed by atoms with Crippen LogP contribution >= 0.6 is 0 Å². The molecule has 1 heteroatoms. The molecular formula is C12H16O. The van der Waals surface area contributed by atoms with Crippen LogP contribution < -0.4 is 4.74 Å². The Kier molecular flexibility index (Phi) is 2.03. The number of rotatable bonds is 2. The van der Waals surface area contributed by atoms with Gasteiger partial charge in [-0.25, -0.2) is 0 Å². The molecule has 0 radical (unpaired) electrons. The molecule has 1 aliphatic carbocycles. The van der Waals surface area contributed by atoms with Gasteiger partial charge in [0.15, 0.2) is 0 Å². The lowest BCUT2D eigenvalue weighted by molar-refractivity contribution is 0.409. The molecule has 13 heavy (non-hydrogen) atoms. The van der Waals surface area contributed by atoms with Gasteiger partial charge in [-0.1, -0.05) is 13.0 Å². The molecule has 0 amide bonds. The zero-order valence-electron chi connectivity index (χ0n) is 8.55. The van der Waals surface area contributed by atoms with Gasteiger partial charge in [-0.05, 0) is 48.4 Å². The van der Waals surface area contributed by atoms with Crippen molar-refractivity contribution in [3.63, 3.8) is 0 Å². The molecule has 0 N–H and O–H groups in total. The van der Waals surface area contributed by atoms with Gasteiger partial charge >= 0.3 is 0 Å². The van der Waals surface area contributed by atoms with Gasteiger partial charge in [0.25, 0.3) is 0 Å². The van der Waals surface area contributed by atoms with Gasteiger partial charge in [0, 0.05) is 0 Å². The smallest absolute Gasteiger partial charge is 0.122 e. The second-order valence-corrected chi connectivity index (χ2v) is 3.83. The minimum Gasteiger partial charge on any atom is -0.496 e. The van der Waals surface area contributed by atoms with Crippen LogP contribution in [0, 0.1) is 6.92 Å². The molecule has 0 saturated carbocycles. The molecule has 0 bridgehead atoms. The molecule has 1 nitrogen and oxygen atoms in total. The fourth-order valence-corrected chi connectivity index (χ4v) is 2.14. The van der Waals surface area contributed by atoms with Crippen molar-refractivity contribution in [1.29, 1.82) is 0 Å². The Morgan fingerprint density at radius 2 is 2.23 bits per heavy atom. The molecule has 1 atom stereocenters. The van der Waals surface area contributed by atoms with Crippen LogP contribution in [0.2, 0.25) is 0 Å². The van der Waals surface area contributed by atoms with E-state index in [1.165, 1.54) is 24.0 Å². The maximum absolute atomic E-state index is 5.28. The summed E-state index contributed by atoms with van der Waals surface area (Å²) in [5.41, 5.74) is 4.29. The zero-order chi connectivity index (χ0) is 9.42. The molecule has 1 aromatic rings. The average Bonchev–Trinajstić information content (AvgIpc) is 2.12. The van der Waals surface area contributed by atoms with Gasteiger partial charge in [0.05, 0.1) is 7.11 Å². The quantitative estimate of drug-likeness (QED) is 0.673. The topological polar surface area (TPSA) is 9.23 Å². The molecule has 2 rings (SSSR count). The Hall–Kier alpha value is -0.980. The van der Waals surface area contributed by atoms with E-state index < -0.39 is 0 Å². The standard InChI is InChI=1S/C12H16O/c1-4-9-6-10-7-12(13-3)8(2)5-11(9)10/h5,7,9H,4,6H2,1-3H3. The Bertz CT molecular complexity index is 328. The zero-order valence-corrected chi connectivity index (χ0v) is 8.55. The summed E-state index contributed by atoms with van der Waals surface area (Å²) in [7, 11) is 1.74. The molecular weight excluding hydrogens is 160 g/mol. The first kappa shape index (κ1) is 8.61. The van der Waals surface area contributed by atoms with Gasteiger partial charge in [-0.2, -0.15) is 0 Å². The molecule has 70 valence electrons. The summed E-state index contributed by atoms with van der Waals surface area (Å²) >= 11 is 0. The van der Waals surface area contributed by atoms with Crippen LogP contribution in [0.3, 0.4) is 0 Å². The second-order valence-electron chi connectivity index (χ2n) is 3.83. The third-order valence-corrected chi connectivity index (χ3v) is 3.06. The number of hydrogen-bond acceptors (Lipinski definition) is 1. The first-order chi connectivity index (χ1) is 6.26. The molecule has 0 aromatic heterocycles. The van der Waals surface area contributed by atoms with Crippen molar-refractivity contribution in [2.24, 2.45) is 0 Å². The number of hydrogen-bond donors (Lipinski definition) is 0. The third-order valence-electron chi connectivity index (χ3n) is 3.06. The highest BCUT2D eigenvalue weighted by Crippen LogP contribution is 2.40. The molecule has 0 fully saturated rings. The normalized spacial score (nSPS) is 19.2. The van der Waals surface area contributed by atoms with E-state index in [0.717, 1.165) is 11.7 Å². The van der Waals surface area contributed by atoms with Crippen molar-refractivity contribution < 1.29 is 4.74 Å². The molecule has 0 aliphatic heterocycles. The van der Waals surface area contributed by atoms with Crippen molar-refractivity contribution in [3.8, 4) is 5.75 Å². The highest BCUT2D eigenvalue weighted by Gasteiger charge is 2.25. The van der Waals surface area contributed by atoms with Crippen LogP contribution in [0.5, 0.6) is 5.75 Å². The Balaban J connectivity index is 2.38. The first-order valence-corrected chi connectivity index (χ1v) is 4.93. The fraction of sp³-hybridized carbons (Fsp3) is 0.500. The number of fused-ring (bicyclic) bond motifs is 1. The van der Waals surface area contributed by atoms with E-state index in [2.05, 4.69) is 26.0 Å². The lowest BCUT2D eigenvalue weighted by atomic mass is 9.75. The Morgan fingerprint density at radius 3 is 2.85 bits per heavy atom. The van der Waals surface area contributed by atoms with E-state index in [4.69, 9.17) is 4.74 Å². The van der Waals surface area contributed by atoms with Crippen LogP contribution in [-0.2, 0) is 6.42 Å². The van der Waals surface area contributed by atoms with E-state index in [0.29, 0.717) is 0 Å². The van der Waals surface area contributed by atoms with E-state index in [1.54, 1.807) is 12.7 Å². The largest absolute Gasteiger partial charge is 0.496 e. The van der Waals surface area contributed by atoms with Crippen molar-refractivity contribution >= 4 is 0 Å². The van der Waals surface area contributed by atoms with Gasteiger partial charge in [-0.3, -0.25) is 0 Å². The molecule has 0 saturated heterocycles. The summed E-state index contributed by atoms with van der Waals surface area (Å²) in [6.07, 6.45) is 2.50. The van der Waals surface area contributed by atoms with Crippen LogP contribution in [0.4, 0.5) is 0 Å². The van der Waals surface area contributed by atoms with Crippen LogP contribution in [-0.4, -0.2) is 7.11 Å². The molecule has 0 heterocycles. The highest BCUT2D eigenvalue weighted by atomic mass is 16.5. The van der Waals surface area contributed by atoms with Crippen molar-refractivity contribution in [2.75, 3.05) is 7.11 Å². The predicted molar refractivity (Wildman–Crippen MR) is 54.5 cm³/mol. The van der Waals surface area contributed by atoms with Crippen LogP contribution in [0.15, 0.2) is 12.1 Å². The molecule has 0 spiro atoms. The second kappa shape index (κ2) is 3.06. The lowest BCUT2D eigenvalue weighted by Crippen LogP contribution is -2.16. The summed E-state index contributed by atoms with van der Waals surface area (Å²) in [4.78, 5) is 0. The summed E-state index contributed by atoms with van der Waals surface area (Å²) in [5, 5.41) is 0. The van der Waals surface area contributed by atoms with E-state index >= 15 is 0 Å². The fourth-order valence-electron chi connectivity index (χ4n) is 2.14.